The molecule has 0 aliphatic carbocycles. The van der Waals surface area contributed by atoms with Gasteiger partial charge in [-0.05, 0) is 62.9 Å². The third-order valence-corrected chi connectivity index (χ3v) is 7.37. The Balaban J connectivity index is 1.34. The highest BCUT2D eigenvalue weighted by Crippen LogP contribution is 2.30. The molecule has 2 N–H and O–H groups in total. The minimum atomic E-state index is -0.924. The molecule has 8 heteroatoms. The summed E-state index contributed by atoms with van der Waals surface area (Å²) >= 11 is 0. The smallest absolute Gasteiger partial charge is 0.262 e. The second-order valence-electron chi connectivity index (χ2n) is 9.42. The van der Waals surface area contributed by atoms with Gasteiger partial charge < -0.3 is 5.32 Å². The highest BCUT2D eigenvalue weighted by molar-refractivity contribution is 6.23. The molecule has 0 saturated carbocycles. The van der Waals surface area contributed by atoms with Crippen LogP contribution in [0.25, 0.3) is 0 Å². The first-order valence-electron chi connectivity index (χ1n) is 11.8. The number of fused-ring (bicyclic) bond motifs is 1. The molecular formula is C24H30N4O4. The monoisotopic (exact) mass is 438 g/mol. The fourth-order valence-corrected chi connectivity index (χ4v) is 5.73. The summed E-state index contributed by atoms with van der Waals surface area (Å²) in [4.78, 5) is 53.3. The molecular weight excluding hydrogens is 408 g/mol. The van der Waals surface area contributed by atoms with Gasteiger partial charge in [-0.15, -0.1) is 0 Å². The molecule has 4 aliphatic heterocycles. The topological polar surface area (TPSA) is 98.8 Å². The number of nitrogens with one attached hydrogen (secondary N) is 2. The van der Waals surface area contributed by atoms with Crippen molar-refractivity contribution >= 4 is 23.6 Å². The van der Waals surface area contributed by atoms with Gasteiger partial charge in [0, 0.05) is 25.0 Å². The molecule has 0 radical (unpaired) electrons. The Labute approximate surface area is 187 Å². The predicted octanol–water partition coefficient (Wildman–Crippen LogP) is 1.58. The zero-order chi connectivity index (χ0) is 22.2. The van der Waals surface area contributed by atoms with Crippen molar-refractivity contribution < 1.29 is 19.2 Å². The number of nitrogens with zero attached hydrogens (tertiary/aromatic N) is 2. The van der Waals surface area contributed by atoms with Gasteiger partial charge in [-0.25, -0.2) is 0 Å². The number of carbonyl (C=O) groups is 4. The van der Waals surface area contributed by atoms with Gasteiger partial charge >= 0.3 is 0 Å². The summed E-state index contributed by atoms with van der Waals surface area (Å²) in [5, 5.41) is 5.94. The summed E-state index contributed by atoms with van der Waals surface area (Å²) in [6.07, 6.45) is 7.63. The molecule has 3 saturated heterocycles. The Morgan fingerprint density at radius 1 is 0.906 bits per heavy atom. The number of hydrogen-bond acceptors (Lipinski definition) is 6. The summed E-state index contributed by atoms with van der Waals surface area (Å²) in [7, 11) is 0. The fraction of sp³-hybridized carbons (Fsp3) is 0.583. The summed E-state index contributed by atoms with van der Waals surface area (Å²) < 4.78 is 0. The van der Waals surface area contributed by atoms with Crippen LogP contribution in [-0.2, 0) is 16.1 Å². The van der Waals surface area contributed by atoms with E-state index < -0.39 is 23.8 Å². The molecule has 8 nitrogen and oxygen atoms in total. The molecule has 3 atom stereocenters. The van der Waals surface area contributed by atoms with Crippen LogP contribution in [-0.4, -0.2) is 64.6 Å². The first-order chi connectivity index (χ1) is 15.5. The molecule has 0 spiro atoms. The van der Waals surface area contributed by atoms with Crippen molar-refractivity contribution in [2.45, 2.75) is 76.0 Å². The highest BCUT2D eigenvalue weighted by atomic mass is 16.2. The molecule has 4 heterocycles. The number of carbonyl (C=O) groups excluding carboxylic acids is 4. The summed E-state index contributed by atoms with van der Waals surface area (Å²) in [6.45, 7) is 2.87. The van der Waals surface area contributed by atoms with Crippen LogP contribution in [0.4, 0.5) is 0 Å². The Hall–Kier alpha value is -2.58. The Morgan fingerprint density at radius 2 is 1.72 bits per heavy atom. The van der Waals surface area contributed by atoms with Gasteiger partial charge in [-0.3, -0.25) is 34.3 Å². The van der Waals surface area contributed by atoms with Crippen molar-refractivity contribution in [3.8, 4) is 0 Å². The Bertz CT molecular complexity index is 955. The number of piperidine rings is 3. The molecule has 170 valence electrons. The highest BCUT2D eigenvalue weighted by Gasteiger charge is 2.44. The molecule has 4 amide bonds. The van der Waals surface area contributed by atoms with E-state index in [1.54, 1.807) is 6.07 Å². The van der Waals surface area contributed by atoms with Gasteiger partial charge in [0.25, 0.3) is 11.8 Å². The predicted molar refractivity (Wildman–Crippen MR) is 117 cm³/mol. The molecule has 0 bridgehead atoms. The van der Waals surface area contributed by atoms with E-state index in [1.165, 1.54) is 38.5 Å². The maximum atomic E-state index is 13.1. The third-order valence-electron chi connectivity index (χ3n) is 7.37. The van der Waals surface area contributed by atoms with Gasteiger partial charge in [0.15, 0.2) is 0 Å². The molecule has 32 heavy (non-hydrogen) atoms. The Kier molecular flexibility index (Phi) is 5.82. The average Bonchev–Trinajstić information content (AvgIpc) is 3.05. The van der Waals surface area contributed by atoms with Crippen LogP contribution in [0.3, 0.4) is 0 Å². The van der Waals surface area contributed by atoms with E-state index in [0.717, 1.165) is 30.1 Å². The first-order valence-corrected chi connectivity index (χ1v) is 11.8. The van der Waals surface area contributed by atoms with Gasteiger partial charge in [0.2, 0.25) is 11.8 Å². The van der Waals surface area contributed by atoms with Crippen LogP contribution >= 0.6 is 0 Å². The van der Waals surface area contributed by atoms with E-state index in [4.69, 9.17) is 0 Å². The third kappa shape index (κ3) is 3.86. The van der Waals surface area contributed by atoms with Gasteiger partial charge in [0.1, 0.15) is 6.04 Å². The van der Waals surface area contributed by atoms with Crippen molar-refractivity contribution in [3.63, 3.8) is 0 Å². The first kappa shape index (κ1) is 21.3. The second-order valence-corrected chi connectivity index (χ2v) is 9.42. The van der Waals surface area contributed by atoms with E-state index in [0.29, 0.717) is 23.2 Å². The summed E-state index contributed by atoms with van der Waals surface area (Å²) in [5.41, 5.74) is 1.71. The van der Waals surface area contributed by atoms with E-state index in [1.807, 2.05) is 12.1 Å². The zero-order valence-corrected chi connectivity index (χ0v) is 18.3. The summed E-state index contributed by atoms with van der Waals surface area (Å²) in [5.74, 6) is -1.83. The normalized spacial score (nSPS) is 29.2. The SMILES string of the molecule is O=C1CCC(N2C(=O)c3ccc(CN4CCCCC4C4CCCCN4)cc3C2=O)C(=O)N1. The molecule has 3 fully saturated rings. The fourth-order valence-electron chi connectivity index (χ4n) is 5.73. The largest absolute Gasteiger partial charge is 0.312 e. The second kappa shape index (κ2) is 8.75. The van der Waals surface area contributed by atoms with Crippen LogP contribution < -0.4 is 10.6 Å². The van der Waals surface area contributed by atoms with Crippen LogP contribution in [0, 0.1) is 0 Å². The lowest BCUT2D eigenvalue weighted by atomic mass is 9.90. The van der Waals surface area contributed by atoms with Crippen molar-refractivity contribution in [1.82, 2.24) is 20.4 Å². The van der Waals surface area contributed by atoms with E-state index in [9.17, 15) is 19.2 Å². The van der Waals surface area contributed by atoms with Gasteiger partial charge in [-0.2, -0.15) is 0 Å². The quantitative estimate of drug-likeness (QED) is 0.693. The zero-order valence-electron chi connectivity index (χ0n) is 18.3. The van der Waals surface area contributed by atoms with Gasteiger partial charge in [0.05, 0.1) is 11.1 Å². The maximum absolute atomic E-state index is 13.1. The van der Waals surface area contributed by atoms with E-state index in [-0.39, 0.29) is 18.7 Å². The van der Waals surface area contributed by atoms with Crippen LogP contribution in [0.5, 0.6) is 0 Å². The number of imide groups is 2. The molecule has 4 aliphatic rings. The number of hydrogen-bond donors (Lipinski definition) is 2. The Morgan fingerprint density at radius 3 is 2.50 bits per heavy atom. The molecule has 1 aromatic carbocycles. The molecule has 5 rings (SSSR count). The molecule has 1 aromatic rings. The minimum Gasteiger partial charge on any atom is -0.312 e. The van der Waals surface area contributed by atoms with Crippen LogP contribution in [0.1, 0.15) is 77.6 Å². The van der Waals surface area contributed by atoms with E-state index in [2.05, 4.69) is 15.5 Å². The number of benzene rings is 1. The lowest BCUT2D eigenvalue weighted by molar-refractivity contribution is -0.136. The van der Waals surface area contributed by atoms with Crippen molar-refractivity contribution in [2.24, 2.45) is 0 Å². The van der Waals surface area contributed by atoms with E-state index >= 15 is 0 Å². The maximum Gasteiger partial charge on any atom is 0.262 e. The minimum absolute atomic E-state index is 0.126. The standard InChI is InChI=1S/C24H30N4O4/c29-21-10-9-20(22(30)26-21)28-23(31)16-8-7-15(13-17(16)24(28)32)14-27-12-4-2-6-19(27)18-5-1-3-11-25-18/h7-8,13,18-20,25H,1-6,9-12,14H2,(H,26,29,30). The van der Waals surface area contributed by atoms with Crippen LogP contribution in [0.2, 0.25) is 0 Å². The number of rotatable bonds is 4. The van der Waals surface area contributed by atoms with Crippen molar-refractivity contribution in [2.75, 3.05) is 13.1 Å². The number of amides is 4. The average molecular weight is 439 g/mol. The molecule has 0 aromatic heterocycles. The lowest BCUT2D eigenvalue weighted by Gasteiger charge is -2.42. The molecule has 3 unspecified atom stereocenters. The number of likely N-dealkylation sites (tertiary alicyclic amines) is 1. The van der Waals surface area contributed by atoms with Crippen molar-refractivity contribution in [3.05, 3.63) is 34.9 Å². The van der Waals surface area contributed by atoms with Crippen LogP contribution in [0.15, 0.2) is 18.2 Å². The van der Waals surface area contributed by atoms with Gasteiger partial charge in [-0.1, -0.05) is 18.9 Å². The summed E-state index contributed by atoms with van der Waals surface area (Å²) in [6, 6.07) is 5.56. The van der Waals surface area contributed by atoms with Crippen molar-refractivity contribution in [1.29, 1.82) is 0 Å². The lowest BCUT2D eigenvalue weighted by Crippen LogP contribution is -2.54.